The van der Waals surface area contributed by atoms with Gasteiger partial charge in [-0.15, -0.1) is 0 Å². The highest BCUT2D eigenvalue weighted by Crippen LogP contribution is 2.38. The number of halogens is 1. The van der Waals surface area contributed by atoms with Crippen molar-refractivity contribution in [3.05, 3.63) is 28.3 Å². The van der Waals surface area contributed by atoms with Gasteiger partial charge in [0.05, 0.1) is 5.02 Å². The standard InChI is InChI=1S/C17H26ClNO/c1-19(2)10-6-9-14-11-15(12-16(18)17(14)20)13-7-4-3-5-8-13/h11-13,20H,3-10H2,1-2H3. The van der Waals surface area contributed by atoms with Crippen LogP contribution in [0.1, 0.15) is 55.6 Å². The Hall–Kier alpha value is -0.730. The van der Waals surface area contributed by atoms with E-state index in [1.54, 1.807) is 0 Å². The Labute approximate surface area is 127 Å². The molecule has 1 aliphatic carbocycles. The molecule has 1 fully saturated rings. The van der Waals surface area contributed by atoms with Gasteiger partial charge in [-0.2, -0.15) is 0 Å². The first-order valence-corrected chi connectivity index (χ1v) is 8.11. The summed E-state index contributed by atoms with van der Waals surface area (Å²) < 4.78 is 0. The van der Waals surface area contributed by atoms with Crippen molar-refractivity contribution in [3.8, 4) is 5.75 Å². The first-order chi connectivity index (χ1) is 9.58. The molecule has 1 N–H and O–H groups in total. The van der Waals surface area contributed by atoms with E-state index in [0.29, 0.717) is 10.9 Å². The van der Waals surface area contributed by atoms with Crippen molar-refractivity contribution in [2.24, 2.45) is 0 Å². The molecule has 1 aromatic carbocycles. The van der Waals surface area contributed by atoms with Crippen LogP contribution in [0, 0.1) is 0 Å². The van der Waals surface area contributed by atoms with E-state index in [1.807, 2.05) is 6.07 Å². The quantitative estimate of drug-likeness (QED) is 0.859. The lowest BCUT2D eigenvalue weighted by atomic mass is 9.83. The van der Waals surface area contributed by atoms with E-state index in [2.05, 4.69) is 25.1 Å². The number of hydrogen-bond acceptors (Lipinski definition) is 2. The highest BCUT2D eigenvalue weighted by atomic mass is 35.5. The number of benzene rings is 1. The molecule has 1 aromatic rings. The lowest BCUT2D eigenvalue weighted by Crippen LogP contribution is -2.13. The molecule has 3 heteroatoms. The fourth-order valence-corrected chi connectivity index (χ4v) is 3.37. The van der Waals surface area contributed by atoms with E-state index in [-0.39, 0.29) is 5.75 Å². The third-order valence-electron chi connectivity index (χ3n) is 4.29. The van der Waals surface area contributed by atoms with Crippen LogP contribution in [-0.4, -0.2) is 30.6 Å². The lowest BCUT2D eigenvalue weighted by molar-refractivity contribution is 0.397. The minimum Gasteiger partial charge on any atom is -0.506 e. The Morgan fingerprint density at radius 1 is 1.20 bits per heavy atom. The molecule has 2 rings (SSSR count). The summed E-state index contributed by atoms with van der Waals surface area (Å²) in [6.45, 7) is 1.03. The summed E-state index contributed by atoms with van der Waals surface area (Å²) in [5.74, 6) is 0.916. The first kappa shape index (κ1) is 15.7. The molecule has 0 unspecified atom stereocenters. The maximum absolute atomic E-state index is 10.1. The fourth-order valence-electron chi connectivity index (χ4n) is 3.13. The van der Waals surface area contributed by atoms with Crippen LogP contribution >= 0.6 is 11.6 Å². The molecule has 1 saturated carbocycles. The summed E-state index contributed by atoms with van der Waals surface area (Å²) in [5.41, 5.74) is 2.34. The van der Waals surface area contributed by atoms with Crippen LogP contribution < -0.4 is 0 Å². The minimum atomic E-state index is 0.282. The molecule has 0 atom stereocenters. The molecule has 112 valence electrons. The molecule has 0 heterocycles. The molecule has 20 heavy (non-hydrogen) atoms. The SMILES string of the molecule is CN(C)CCCc1cc(C2CCCCC2)cc(Cl)c1O. The van der Waals surface area contributed by atoms with Crippen LogP contribution in [0.2, 0.25) is 5.02 Å². The third-order valence-corrected chi connectivity index (χ3v) is 4.58. The van der Waals surface area contributed by atoms with Gasteiger partial charge in [-0.05, 0) is 69.4 Å². The van der Waals surface area contributed by atoms with E-state index < -0.39 is 0 Å². The second kappa shape index (κ2) is 7.33. The summed E-state index contributed by atoms with van der Waals surface area (Å²) >= 11 is 6.22. The van der Waals surface area contributed by atoms with Gasteiger partial charge in [0, 0.05) is 0 Å². The summed E-state index contributed by atoms with van der Waals surface area (Å²) in [6.07, 6.45) is 8.46. The van der Waals surface area contributed by atoms with Crippen LogP contribution in [0.4, 0.5) is 0 Å². The van der Waals surface area contributed by atoms with Gasteiger partial charge in [0.1, 0.15) is 5.75 Å². The summed E-state index contributed by atoms with van der Waals surface area (Å²) in [7, 11) is 4.15. The number of phenols is 1. The molecule has 0 amide bonds. The third kappa shape index (κ3) is 4.13. The second-order valence-corrected chi connectivity index (χ2v) is 6.66. The molecule has 0 bridgehead atoms. The first-order valence-electron chi connectivity index (χ1n) is 7.74. The maximum atomic E-state index is 10.1. The Morgan fingerprint density at radius 2 is 1.90 bits per heavy atom. The van der Waals surface area contributed by atoms with E-state index in [4.69, 9.17) is 11.6 Å². The van der Waals surface area contributed by atoms with Crippen LogP contribution in [0.15, 0.2) is 12.1 Å². The molecule has 0 spiro atoms. The molecule has 0 radical (unpaired) electrons. The van der Waals surface area contributed by atoms with Gasteiger partial charge in [0.25, 0.3) is 0 Å². The zero-order valence-corrected chi connectivity index (χ0v) is 13.4. The number of rotatable bonds is 5. The van der Waals surface area contributed by atoms with Crippen molar-refractivity contribution < 1.29 is 5.11 Å². The zero-order valence-electron chi connectivity index (χ0n) is 12.7. The monoisotopic (exact) mass is 295 g/mol. The van der Waals surface area contributed by atoms with Crippen LogP contribution in [0.3, 0.4) is 0 Å². The van der Waals surface area contributed by atoms with Gasteiger partial charge in [0.2, 0.25) is 0 Å². The predicted molar refractivity (Wildman–Crippen MR) is 85.8 cm³/mol. The van der Waals surface area contributed by atoms with E-state index in [0.717, 1.165) is 24.9 Å². The van der Waals surface area contributed by atoms with Crippen LogP contribution in [-0.2, 0) is 6.42 Å². The number of phenolic OH excluding ortho intramolecular Hbond substituents is 1. The average molecular weight is 296 g/mol. The van der Waals surface area contributed by atoms with Gasteiger partial charge in [0.15, 0.2) is 0 Å². The Morgan fingerprint density at radius 3 is 2.55 bits per heavy atom. The van der Waals surface area contributed by atoms with Crippen molar-refractivity contribution in [2.75, 3.05) is 20.6 Å². The number of hydrogen-bond donors (Lipinski definition) is 1. The zero-order chi connectivity index (χ0) is 14.5. The van der Waals surface area contributed by atoms with Gasteiger partial charge < -0.3 is 10.0 Å². The Bertz CT molecular complexity index is 439. The molecule has 0 aliphatic heterocycles. The largest absolute Gasteiger partial charge is 0.506 e. The molecule has 2 nitrogen and oxygen atoms in total. The van der Waals surface area contributed by atoms with Gasteiger partial charge in [-0.3, -0.25) is 0 Å². The molecule has 0 aromatic heterocycles. The fraction of sp³-hybridized carbons (Fsp3) is 0.647. The number of aryl methyl sites for hydroxylation is 1. The van der Waals surface area contributed by atoms with Crippen molar-refractivity contribution in [3.63, 3.8) is 0 Å². The molecular weight excluding hydrogens is 270 g/mol. The molecule has 0 saturated heterocycles. The van der Waals surface area contributed by atoms with Gasteiger partial charge in [-0.1, -0.05) is 36.9 Å². The van der Waals surface area contributed by atoms with Crippen molar-refractivity contribution in [1.82, 2.24) is 4.90 Å². The second-order valence-electron chi connectivity index (χ2n) is 6.25. The summed E-state index contributed by atoms with van der Waals surface area (Å²) in [6, 6.07) is 4.16. The van der Waals surface area contributed by atoms with Gasteiger partial charge in [-0.25, -0.2) is 0 Å². The number of aromatic hydroxyl groups is 1. The summed E-state index contributed by atoms with van der Waals surface area (Å²) in [5, 5.41) is 10.7. The molecule has 1 aliphatic rings. The van der Waals surface area contributed by atoms with E-state index >= 15 is 0 Å². The minimum absolute atomic E-state index is 0.282. The number of nitrogens with zero attached hydrogens (tertiary/aromatic N) is 1. The Kier molecular flexibility index (Phi) is 5.74. The Balaban J connectivity index is 2.11. The topological polar surface area (TPSA) is 23.5 Å². The molecular formula is C17H26ClNO. The highest BCUT2D eigenvalue weighted by Gasteiger charge is 2.18. The van der Waals surface area contributed by atoms with Crippen LogP contribution in [0.25, 0.3) is 0 Å². The lowest BCUT2D eigenvalue weighted by Gasteiger charge is -2.23. The van der Waals surface area contributed by atoms with E-state index in [1.165, 1.54) is 37.7 Å². The van der Waals surface area contributed by atoms with Crippen molar-refractivity contribution >= 4 is 11.6 Å². The van der Waals surface area contributed by atoms with E-state index in [9.17, 15) is 5.11 Å². The highest BCUT2D eigenvalue weighted by molar-refractivity contribution is 6.32. The maximum Gasteiger partial charge on any atom is 0.137 e. The summed E-state index contributed by atoms with van der Waals surface area (Å²) in [4.78, 5) is 2.17. The van der Waals surface area contributed by atoms with Crippen LogP contribution in [0.5, 0.6) is 5.75 Å². The van der Waals surface area contributed by atoms with Crippen molar-refractivity contribution in [1.29, 1.82) is 0 Å². The predicted octanol–water partition coefficient (Wildman–Crippen LogP) is 4.59. The smallest absolute Gasteiger partial charge is 0.137 e. The normalized spacial score (nSPS) is 16.8. The van der Waals surface area contributed by atoms with Crippen molar-refractivity contribution in [2.45, 2.75) is 50.9 Å². The van der Waals surface area contributed by atoms with Gasteiger partial charge >= 0.3 is 0 Å². The average Bonchev–Trinajstić information content (AvgIpc) is 2.44.